The highest BCUT2D eigenvalue weighted by molar-refractivity contribution is 7.89. The number of fused-ring (bicyclic) bond motifs is 1. The van der Waals surface area contributed by atoms with Crippen LogP contribution in [0.4, 0.5) is 0 Å². The summed E-state index contributed by atoms with van der Waals surface area (Å²) in [7, 11) is -3.26. The van der Waals surface area contributed by atoms with Gasteiger partial charge in [0.2, 0.25) is 10.0 Å². The Hall–Kier alpha value is -0.910. The molecule has 1 aromatic carbocycles. The van der Waals surface area contributed by atoms with Crippen LogP contribution in [0.1, 0.15) is 24.0 Å². The summed E-state index contributed by atoms with van der Waals surface area (Å²) in [4.78, 5) is 0. The molecule has 0 aromatic heterocycles. The summed E-state index contributed by atoms with van der Waals surface area (Å²) in [5.74, 6) is 0.00163. The number of rotatable bonds is 5. The topological polar surface area (TPSA) is 66.4 Å². The van der Waals surface area contributed by atoms with Crippen molar-refractivity contribution in [2.75, 3.05) is 12.4 Å². The number of hydrogen-bond acceptors (Lipinski definition) is 3. The highest BCUT2D eigenvalue weighted by Gasteiger charge is 2.22. The predicted molar refractivity (Wildman–Crippen MR) is 70.9 cm³/mol. The van der Waals surface area contributed by atoms with Crippen LogP contribution in [0.2, 0.25) is 0 Å². The number of aliphatic hydroxyl groups is 1. The van der Waals surface area contributed by atoms with Crippen molar-refractivity contribution in [2.45, 2.75) is 31.7 Å². The molecule has 1 unspecified atom stereocenters. The summed E-state index contributed by atoms with van der Waals surface area (Å²) in [5, 5.41) is 8.67. The van der Waals surface area contributed by atoms with Crippen LogP contribution in [-0.4, -0.2) is 31.9 Å². The lowest BCUT2D eigenvalue weighted by Crippen LogP contribution is -2.40. The molecule has 4 nitrogen and oxygen atoms in total. The van der Waals surface area contributed by atoms with Crippen molar-refractivity contribution in [1.82, 2.24) is 4.72 Å². The Bertz CT molecular complexity index is 499. The van der Waals surface area contributed by atoms with Crippen LogP contribution in [0.5, 0.6) is 0 Å². The van der Waals surface area contributed by atoms with Gasteiger partial charge in [-0.2, -0.15) is 0 Å². The van der Waals surface area contributed by atoms with Crippen LogP contribution in [-0.2, 0) is 22.9 Å². The molecule has 1 aliphatic carbocycles. The highest BCUT2D eigenvalue weighted by Crippen LogP contribution is 2.21. The van der Waals surface area contributed by atoms with E-state index in [1.54, 1.807) is 0 Å². The third-order valence-electron chi connectivity index (χ3n) is 3.26. The first-order chi connectivity index (χ1) is 8.61. The molecule has 1 aliphatic rings. The summed E-state index contributed by atoms with van der Waals surface area (Å²) in [6, 6.07) is 8.16. The Labute approximate surface area is 108 Å². The second-order valence-electron chi connectivity index (χ2n) is 4.72. The molecule has 0 amide bonds. The molecule has 0 aliphatic heterocycles. The van der Waals surface area contributed by atoms with E-state index in [0.717, 1.165) is 19.3 Å². The molecular formula is C13H19NO3S. The number of aliphatic hydroxyl groups excluding tert-OH is 1. The maximum absolute atomic E-state index is 11.7. The van der Waals surface area contributed by atoms with Gasteiger partial charge in [0.25, 0.3) is 0 Å². The minimum absolute atomic E-state index is 0.00163. The molecule has 100 valence electrons. The highest BCUT2D eigenvalue weighted by atomic mass is 32.2. The van der Waals surface area contributed by atoms with Crippen molar-refractivity contribution in [1.29, 1.82) is 0 Å². The van der Waals surface area contributed by atoms with E-state index in [1.807, 2.05) is 12.1 Å². The summed E-state index contributed by atoms with van der Waals surface area (Å²) < 4.78 is 26.2. The fourth-order valence-corrected chi connectivity index (χ4v) is 3.70. The zero-order valence-corrected chi connectivity index (χ0v) is 11.1. The number of benzene rings is 1. The van der Waals surface area contributed by atoms with Gasteiger partial charge in [-0.25, -0.2) is 13.1 Å². The molecule has 1 atom stereocenters. The van der Waals surface area contributed by atoms with Crippen molar-refractivity contribution in [3.8, 4) is 0 Å². The van der Waals surface area contributed by atoms with E-state index < -0.39 is 10.0 Å². The second-order valence-corrected chi connectivity index (χ2v) is 6.60. The molecule has 1 aromatic rings. The molecule has 0 radical (unpaired) electrons. The third-order valence-corrected chi connectivity index (χ3v) is 4.78. The van der Waals surface area contributed by atoms with Crippen LogP contribution < -0.4 is 4.72 Å². The maximum Gasteiger partial charge on any atom is 0.211 e. The fourth-order valence-electron chi connectivity index (χ4n) is 2.37. The van der Waals surface area contributed by atoms with Crippen molar-refractivity contribution >= 4 is 10.0 Å². The van der Waals surface area contributed by atoms with Gasteiger partial charge in [-0.1, -0.05) is 24.3 Å². The molecule has 0 saturated carbocycles. The van der Waals surface area contributed by atoms with Gasteiger partial charge in [0.1, 0.15) is 0 Å². The van der Waals surface area contributed by atoms with Crippen molar-refractivity contribution < 1.29 is 13.5 Å². The Morgan fingerprint density at radius 3 is 2.72 bits per heavy atom. The minimum atomic E-state index is -3.26. The van der Waals surface area contributed by atoms with Gasteiger partial charge in [-0.15, -0.1) is 0 Å². The zero-order valence-electron chi connectivity index (χ0n) is 10.3. The smallest absolute Gasteiger partial charge is 0.211 e. The quantitative estimate of drug-likeness (QED) is 0.832. The van der Waals surface area contributed by atoms with Gasteiger partial charge in [-0.3, -0.25) is 0 Å². The van der Waals surface area contributed by atoms with E-state index in [-0.39, 0.29) is 18.4 Å². The number of sulfonamides is 1. The van der Waals surface area contributed by atoms with E-state index in [2.05, 4.69) is 16.9 Å². The van der Waals surface area contributed by atoms with Crippen molar-refractivity contribution in [3.63, 3.8) is 0 Å². The van der Waals surface area contributed by atoms with Crippen molar-refractivity contribution in [3.05, 3.63) is 35.4 Å². The molecule has 0 fully saturated rings. The second kappa shape index (κ2) is 5.82. The van der Waals surface area contributed by atoms with Gasteiger partial charge < -0.3 is 5.11 Å². The van der Waals surface area contributed by atoms with E-state index in [0.29, 0.717) is 6.42 Å². The van der Waals surface area contributed by atoms with Gasteiger partial charge in [0, 0.05) is 12.6 Å². The molecule has 2 N–H and O–H groups in total. The van der Waals surface area contributed by atoms with E-state index >= 15 is 0 Å². The largest absolute Gasteiger partial charge is 0.396 e. The summed E-state index contributed by atoms with van der Waals surface area (Å²) in [6.07, 6.45) is 2.81. The standard InChI is InChI=1S/C13H19NO3S/c15-8-3-9-18(16,17)14-13-7-6-11-4-1-2-5-12(11)10-13/h1-2,4-5,13-15H,3,6-10H2. The first kappa shape index (κ1) is 13.5. The monoisotopic (exact) mass is 269 g/mol. The predicted octanol–water partition coefficient (Wildman–Crippen LogP) is 0.846. The van der Waals surface area contributed by atoms with E-state index in [4.69, 9.17) is 5.11 Å². The Balaban J connectivity index is 1.97. The molecule has 18 heavy (non-hydrogen) atoms. The van der Waals surface area contributed by atoms with Gasteiger partial charge in [0.15, 0.2) is 0 Å². The molecule has 2 rings (SSSR count). The van der Waals surface area contributed by atoms with Crippen LogP contribution in [0, 0.1) is 0 Å². The minimum Gasteiger partial charge on any atom is -0.396 e. The van der Waals surface area contributed by atoms with Crippen LogP contribution in [0.15, 0.2) is 24.3 Å². The van der Waals surface area contributed by atoms with Crippen LogP contribution in [0.25, 0.3) is 0 Å². The van der Waals surface area contributed by atoms with E-state index in [9.17, 15) is 8.42 Å². The van der Waals surface area contributed by atoms with Crippen LogP contribution >= 0.6 is 0 Å². The average molecular weight is 269 g/mol. The summed E-state index contributed by atoms with van der Waals surface area (Å²) in [5.41, 5.74) is 2.56. The van der Waals surface area contributed by atoms with Gasteiger partial charge in [0.05, 0.1) is 5.75 Å². The zero-order chi connectivity index (χ0) is 13.0. The van der Waals surface area contributed by atoms with Crippen LogP contribution in [0.3, 0.4) is 0 Å². The number of nitrogens with one attached hydrogen (secondary N) is 1. The molecule has 0 heterocycles. The number of hydrogen-bond donors (Lipinski definition) is 2. The Morgan fingerprint density at radius 1 is 1.28 bits per heavy atom. The number of aryl methyl sites for hydroxylation is 1. The average Bonchev–Trinajstić information content (AvgIpc) is 2.36. The Morgan fingerprint density at radius 2 is 2.00 bits per heavy atom. The first-order valence-corrected chi connectivity index (χ1v) is 7.93. The van der Waals surface area contributed by atoms with Gasteiger partial charge in [-0.05, 0) is 36.8 Å². The normalized spacial score (nSPS) is 19.5. The maximum atomic E-state index is 11.7. The Kier molecular flexibility index (Phi) is 4.37. The lowest BCUT2D eigenvalue weighted by molar-refractivity contribution is 0.295. The van der Waals surface area contributed by atoms with E-state index in [1.165, 1.54) is 11.1 Å². The SMILES string of the molecule is O=S(=O)(CCCO)NC1CCc2ccccc2C1. The summed E-state index contributed by atoms with van der Waals surface area (Å²) in [6.45, 7) is -0.0889. The molecule has 0 spiro atoms. The van der Waals surface area contributed by atoms with Crippen molar-refractivity contribution in [2.24, 2.45) is 0 Å². The molecular weight excluding hydrogens is 250 g/mol. The lowest BCUT2D eigenvalue weighted by Gasteiger charge is -2.25. The van der Waals surface area contributed by atoms with Gasteiger partial charge >= 0.3 is 0 Å². The molecule has 0 bridgehead atoms. The molecule has 0 saturated heterocycles. The molecule has 5 heteroatoms. The lowest BCUT2D eigenvalue weighted by atomic mass is 9.89. The third kappa shape index (κ3) is 3.54. The first-order valence-electron chi connectivity index (χ1n) is 6.28. The summed E-state index contributed by atoms with van der Waals surface area (Å²) >= 11 is 0. The fraction of sp³-hybridized carbons (Fsp3) is 0.538.